The number of amides is 2. The van der Waals surface area contributed by atoms with Gasteiger partial charge in [0.2, 0.25) is 11.8 Å². The van der Waals surface area contributed by atoms with E-state index in [1.807, 2.05) is 18.2 Å². The molecule has 2 N–H and O–H groups in total. The summed E-state index contributed by atoms with van der Waals surface area (Å²) >= 11 is 8.07. The van der Waals surface area contributed by atoms with Crippen molar-refractivity contribution >= 4 is 65.7 Å². The predicted molar refractivity (Wildman–Crippen MR) is 97.2 cm³/mol. The minimum Gasteiger partial charge on any atom is -0.325 e. The fraction of sp³-hybridized carbons (Fsp3) is 0.200. The Morgan fingerprint density at radius 1 is 0.955 bits per heavy atom. The van der Waals surface area contributed by atoms with E-state index >= 15 is 0 Å². The number of rotatable bonds is 4. The first-order chi connectivity index (χ1) is 10.3. The zero-order valence-electron chi connectivity index (χ0n) is 11.9. The first-order valence-corrected chi connectivity index (χ1v) is 8.83. The lowest BCUT2D eigenvalue weighted by Gasteiger charge is -2.22. The molecule has 0 aliphatic rings. The van der Waals surface area contributed by atoms with Crippen LogP contribution in [0, 0.1) is 5.41 Å². The van der Waals surface area contributed by atoms with Crippen LogP contribution >= 0.6 is 43.2 Å². The van der Waals surface area contributed by atoms with Crippen molar-refractivity contribution in [2.75, 3.05) is 10.6 Å². The number of thiophene rings is 1. The molecule has 0 atom stereocenters. The van der Waals surface area contributed by atoms with Crippen molar-refractivity contribution in [2.45, 2.75) is 13.8 Å². The van der Waals surface area contributed by atoms with E-state index < -0.39 is 5.41 Å². The lowest BCUT2D eigenvalue weighted by molar-refractivity contribution is -0.135. The van der Waals surface area contributed by atoms with Crippen molar-refractivity contribution in [1.29, 1.82) is 0 Å². The van der Waals surface area contributed by atoms with Gasteiger partial charge >= 0.3 is 0 Å². The molecule has 2 amide bonds. The van der Waals surface area contributed by atoms with E-state index in [1.54, 1.807) is 32.0 Å². The van der Waals surface area contributed by atoms with Crippen molar-refractivity contribution in [1.82, 2.24) is 0 Å². The van der Waals surface area contributed by atoms with Gasteiger partial charge in [-0.05, 0) is 66.2 Å². The Labute approximate surface area is 149 Å². The largest absolute Gasteiger partial charge is 0.325 e. The molecule has 0 unspecified atom stereocenters. The summed E-state index contributed by atoms with van der Waals surface area (Å²) in [6.07, 6.45) is 0. The van der Waals surface area contributed by atoms with Gasteiger partial charge in [-0.15, -0.1) is 11.3 Å². The number of benzene rings is 1. The highest BCUT2D eigenvalue weighted by molar-refractivity contribution is 9.11. The third-order valence-electron chi connectivity index (χ3n) is 3.05. The molecule has 4 nitrogen and oxygen atoms in total. The Bertz CT molecular complexity index is 696. The van der Waals surface area contributed by atoms with E-state index in [4.69, 9.17) is 0 Å². The predicted octanol–water partition coefficient (Wildman–Crippen LogP) is 4.88. The van der Waals surface area contributed by atoms with Crippen molar-refractivity contribution in [2.24, 2.45) is 5.41 Å². The molecule has 0 bridgehead atoms. The molecular weight excluding hydrogens is 432 g/mol. The number of nitrogens with one attached hydrogen (secondary N) is 2. The third kappa shape index (κ3) is 4.18. The van der Waals surface area contributed by atoms with E-state index in [0.717, 1.165) is 8.26 Å². The number of anilines is 2. The maximum atomic E-state index is 12.4. The summed E-state index contributed by atoms with van der Waals surface area (Å²) in [7, 11) is 0. The second kappa shape index (κ2) is 6.93. The molecular formula is C15H14Br2N2O2S. The van der Waals surface area contributed by atoms with Crippen LogP contribution in [0.5, 0.6) is 0 Å². The van der Waals surface area contributed by atoms with Crippen LogP contribution in [0.2, 0.25) is 0 Å². The molecule has 0 spiro atoms. The first kappa shape index (κ1) is 17.2. The average molecular weight is 446 g/mol. The fourth-order valence-corrected chi connectivity index (χ4v) is 3.12. The molecule has 1 aromatic carbocycles. The van der Waals surface area contributed by atoms with Gasteiger partial charge in [-0.2, -0.15) is 0 Å². The van der Waals surface area contributed by atoms with E-state index in [2.05, 4.69) is 42.5 Å². The number of hydrogen-bond acceptors (Lipinski definition) is 3. The maximum absolute atomic E-state index is 12.4. The van der Waals surface area contributed by atoms with Crippen LogP contribution in [-0.2, 0) is 9.59 Å². The van der Waals surface area contributed by atoms with Crippen molar-refractivity contribution in [3.63, 3.8) is 0 Å². The minimum absolute atomic E-state index is 0.350. The summed E-state index contributed by atoms with van der Waals surface area (Å²) in [6.45, 7) is 3.19. The smallest absolute Gasteiger partial charge is 0.240 e. The highest BCUT2D eigenvalue weighted by Crippen LogP contribution is 2.29. The highest BCUT2D eigenvalue weighted by Gasteiger charge is 2.36. The van der Waals surface area contributed by atoms with Gasteiger partial charge in [0.05, 0.1) is 8.79 Å². The first-order valence-electron chi connectivity index (χ1n) is 6.43. The normalized spacial score (nSPS) is 11.1. The Morgan fingerprint density at radius 2 is 1.55 bits per heavy atom. The van der Waals surface area contributed by atoms with Crippen LogP contribution < -0.4 is 10.6 Å². The number of halogens is 2. The second-order valence-electron chi connectivity index (χ2n) is 5.14. The molecule has 7 heteroatoms. The zero-order chi connectivity index (χ0) is 16.3. The van der Waals surface area contributed by atoms with Crippen LogP contribution in [0.3, 0.4) is 0 Å². The van der Waals surface area contributed by atoms with Crippen LogP contribution in [0.4, 0.5) is 10.7 Å². The Balaban J connectivity index is 2.05. The van der Waals surface area contributed by atoms with Crippen molar-refractivity contribution in [3.05, 3.63) is 44.7 Å². The maximum Gasteiger partial charge on any atom is 0.240 e. The van der Waals surface area contributed by atoms with E-state index in [9.17, 15) is 9.59 Å². The molecule has 1 heterocycles. The summed E-state index contributed by atoms with van der Waals surface area (Å²) in [5.74, 6) is -0.709. The quantitative estimate of drug-likeness (QED) is 0.659. The molecule has 0 radical (unpaired) electrons. The van der Waals surface area contributed by atoms with Gasteiger partial charge in [-0.3, -0.25) is 9.59 Å². The van der Waals surface area contributed by atoms with E-state index in [1.165, 1.54) is 11.3 Å². The topological polar surface area (TPSA) is 58.2 Å². The van der Waals surface area contributed by atoms with Crippen LogP contribution in [-0.4, -0.2) is 11.8 Å². The number of carbonyl (C=O) groups is 2. The van der Waals surface area contributed by atoms with Gasteiger partial charge in [0.25, 0.3) is 0 Å². The molecule has 1 aromatic heterocycles. The zero-order valence-corrected chi connectivity index (χ0v) is 15.9. The number of hydrogen-bond donors (Lipinski definition) is 2. The fourth-order valence-electron chi connectivity index (χ4n) is 1.57. The van der Waals surface area contributed by atoms with E-state index in [0.29, 0.717) is 10.7 Å². The average Bonchev–Trinajstić information content (AvgIpc) is 2.86. The molecule has 2 rings (SSSR count). The van der Waals surface area contributed by atoms with Crippen LogP contribution in [0.1, 0.15) is 13.8 Å². The summed E-state index contributed by atoms with van der Waals surface area (Å²) in [5, 5.41) is 6.21. The summed E-state index contributed by atoms with van der Waals surface area (Å²) < 4.78 is 1.84. The third-order valence-corrected chi connectivity index (χ3v) is 5.12. The van der Waals surface area contributed by atoms with Crippen molar-refractivity contribution < 1.29 is 9.59 Å². The van der Waals surface area contributed by atoms with Gasteiger partial charge in [0, 0.05) is 10.2 Å². The summed E-state index contributed by atoms with van der Waals surface area (Å²) in [4.78, 5) is 24.7. The minimum atomic E-state index is -1.19. The van der Waals surface area contributed by atoms with Gasteiger partial charge in [-0.1, -0.05) is 15.9 Å². The van der Waals surface area contributed by atoms with Crippen molar-refractivity contribution in [3.8, 4) is 0 Å². The Morgan fingerprint density at radius 3 is 2.09 bits per heavy atom. The standard InChI is InChI=1S/C15H14Br2N2O2S/c1-15(2,14(21)19-12-8-7-11(17)22-12)13(20)18-10-5-3-9(16)4-6-10/h3-8H,1-2H3,(H,18,20)(H,19,21). The van der Waals surface area contributed by atoms with Gasteiger partial charge in [0.1, 0.15) is 5.41 Å². The lowest BCUT2D eigenvalue weighted by Crippen LogP contribution is -2.41. The summed E-state index contributed by atoms with van der Waals surface area (Å²) in [5.41, 5.74) is -0.545. The Hall–Kier alpha value is -1.18. The molecule has 2 aromatic rings. The van der Waals surface area contributed by atoms with E-state index in [-0.39, 0.29) is 11.8 Å². The Kier molecular flexibility index (Phi) is 5.41. The molecule has 0 aliphatic heterocycles. The lowest BCUT2D eigenvalue weighted by atomic mass is 9.91. The second-order valence-corrected chi connectivity index (χ2v) is 8.52. The highest BCUT2D eigenvalue weighted by atomic mass is 79.9. The molecule has 22 heavy (non-hydrogen) atoms. The SMILES string of the molecule is CC(C)(C(=O)Nc1ccc(Br)cc1)C(=O)Nc1ccc(Br)s1. The van der Waals surface area contributed by atoms with Gasteiger partial charge < -0.3 is 10.6 Å². The number of carbonyl (C=O) groups excluding carboxylic acids is 2. The molecule has 0 fully saturated rings. The van der Waals surface area contributed by atoms with Crippen LogP contribution in [0.25, 0.3) is 0 Å². The van der Waals surface area contributed by atoms with Gasteiger partial charge in [-0.25, -0.2) is 0 Å². The summed E-state index contributed by atoms with van der Waals surface area (Å²) in [6, 6.07) is 10.8. The molecule has 0 saturated heterocycles. The molecule has 0 aliphatic carbocycles. The molecule has 0 saturated carbocycles. The van der Waals surface area contributed by atoms with Crippen LogP contribution in [0.15, 0.2) is 44.7 Å². The molecule has 116 valence electrons. The van der Waals surface area contributed by atoms with Gasteiger partial charge in [0.15, 0.2) is 0 Å². The monoisotopic (exact) mass is 444 g/mol.